The summed E-state index contributed by atoms with van der Waals surface area (Å²) in [6.07, 6.45) is 16.6. The van der Waals surface area contributed by atoms with Crippen LogP contribution in [0, 0.1) is 11.8 Å². The zero-order chi connectivity index (χ0) is 14.3. The summed E-state index contributed by atoms with van der Waals surface area (Å²) in [7, 11) is 0. The highest BCUT2D eigenvalue weighted by molar-refractivity contribution is 6.56. The lowest BCUT2D eigenvalue weighted by Gasteiger charge is -2.08. The Balaban J connectivity index is 3.03. The number of hydrogen-bond donors (Lipinski definition) is 0. The minimum Gasteiger partial charge on any atom is -0.120 e. The molecule has 0 N–H and O–H groups in total. The highest BCUT2D eigenvalue weighted by Crippen LogP contribution is 2.26. The first-order valence-corrected chi connectivity index (χ1v) is 8.99. The van der Waals surface area contributed by atoms with Crippen LogP contribution in [0.1, 0.15) is 83.5 Å². The monoisotopic (exact) mass is 326 g/mol. The normalized spacial score (nSPS) is 13.1. The van der Waals surface area contributed by atoms with Crippen molar-refractivity contribution in [3.8, 4) is 0 Å². The summed E-state index contributed by atoms with van der Waals surface area (Å²) in [5.74, 6) is 0. The maximum Gasteiger partial charge on any atom is 0.168 e. The zero-order valence-corrected chi connectivity index (χ0v) is 14.4. The Hall–Kier alpha value is 0.870. The predicted molar refractivity (Wildman–Crippen MR) is 90.0 cm³/mol. The van der Waals surface area contributed by atoms with Gasteiger partial charge in [0.2, 0.25) is 0 Å². The lowest BCUT2D eigenvalue weighted by molar-refractivity contribution is 0.541. The van der Waals surface area contributed by atoms with E-state index in [1.165, 1.54) is 64.2 Å². The minimum absolute atomic E-state index is 0.165. The fourth-order valence-corrected chi connectivity index (χ4v) is 2.57. The molecular formula is C16H29Cl3. The fraction of sp³-hybridized carbons (Fsp3) is 0.875. The Morgan fingerprint density at radius 3 is 1.42 bits per heavy atom. The summed E-state index contributed by atoms with van der Waals surface area (Å²) in [6, 6.07) is 0. The van der Waals surface area contributed by atoms with Crippen molar-refractivity contribution >= 4 is 34.8 Å². The fourth-order valence-electron chi connectivity index (χ4n) is 2.20. The van der Waals surface area contributed by atoms with Gasteiger partial charge >= 0.3 is 0 Å². The average molecular weight is 328 g/mol. The van der Waals surface area contributed by atoms with E-state index in [2.05, 4.69) is 6.92 Å². The van der Waals surface area contributed by atoms with Crippen molar-refractivity contribution in [2.75, 3.05) is 0 Å². The molecule has 0 aromatic carbocycles. The van der Waals surface area contributed by atoms with E-state index in [1.807, 2.05) is 0 Å². The van der Waals surface area contributed by atoms with Gasteiger partial charge in [0, 0.05) is 0 Å². The molecule has 1 atom stereocenters. The maximum absolute atomic E-state index is 5.94. The van der Waals surface area contributed by atoms with Crippen LogP contribution < -0.4 is 0 Å². The van der Waals surface area contributed by atoms with Crippen molar-refractivity contribution in [3.05, 3.63) is 11.8 Å². The van der Waals surface area contributed by atoms with Gasteiger partial charge in [0.1, 0.15) is 0 Å². The smallest absolute Gasteiger partial charge is 0.120 e. The topological polar surface area (TPSA) is 0 Å². The summed E-state index contributed by atoms with van der Waals surface area (Å²) in [4.78, 5) is 0.306. The van der Waals surface area contributed by atoms with Crippen molar-refractivity contribution in [1.82, 2.24) is 0 Å². The van der Waals surface area contributed by atoms with Gasteiger partial charge in [-0.2, -0.15) is 0 Å². The Bertz CT molecular complexity index is 171. The summed E-state index contributed by atoms with van der Waals surface area (Å²) in [6.45, 7) is 3.86. The molecule has 2 radical (unpaired) electrons. The summed E-state index contributed by atoms with van der Waals surface area (Å²) in [5, 5.41) is -0.165. The molecular weight excluding hydrogens is 299 g/mol. The lowest BCUT2D eigenvalue weighted by Crippen LogP contribution is -2.00. The first-order chi connectivity index (χ1) is 9.18. The van der Waals surface area contributed by atoms with Crippen molar-refractivity contribution in [1.29, 1.82) is 0 Å². The summed E-state index contributed by atoms with van der Waals surface area (Å²) < 4.78 is 0. The van der Waals surface area contributed by atoms with E-state index in [0.29, 0.717) is 4.84 Å². The summed E-state index contributed by atoms with van der Waals surface area (Å²) >= 11 is 17.2. The minimum atomic E-state index is -0.165. The Labute approximate surface area is 135 Å². The molecule has 3 heteroatoms. The van der Waals surface area contributed by atoms with Crippen molar-refractivity contribution in [3.63, 3.8) is 0 Å². The molecule has 0 rings (SSSR count). The second kappa shape index (κ2) is 15.3. The van der Waals surface area contributed by atoms with Gasteiger partial charge in [-0.15, -0.1) is 11.6 Å². The molecule has 0 amide bonds. The molecule has 19 heavy (non-hydrogen) atoms. The van der Waals surface area contributed by atoms with Gasteiger partial charge in [0.15, 0.2) is 4.84 Å². The highest BCUT2D eigenvalue weighted by atomic mass is 35.5. The summed E-state index contributed by atoms with van der Waals surface area (Å²) in [5.41, 5.74) is 0. The van der Waals surface area contributed by atoms with Gasteiger partial charge in [0.25, 0.3) is 0 Å². The van der Waals surface area contributed by atoms with E-state index in [9.17, 15) is 0 Å². The third-order valence-corrected chi connectivity index (χ3v) is 4.63. The third-order valence-electron chi connectivity index (χ3n) is 3.44. The van der Waals surface area contributed by atoms with Gasteiger partial charge in [-0.05, 0) is 6.42 Å². The van der Waals surface area contributed by atoms with E-state index in [1.54, 1.807) is 0 Å². The molecule has 0 aliphatic rings. The van der Waals surface area contributed by atoms with Crippen LogP contribution in [-0.4, -0.2) is 5.38 Å². The van der Waals surface area contributed by atoms with E-state index in [-0.39, 0.29) is 5.38 Å². The molecule has 0 aliphatic carbocycles. The van der Waals surface area contributed by atoms with Gasteiger partial charge < -0.3 is 0 Å². The van der Waals surface area contributed by atoms with E-state index in [4.69, 9.17) is 34.8 Å². The molecule has 0 fully saturated rings. The van der Waals surface area contributed by atoms with Gasteiger partial charge in [0.05, 0.1) is 5.38 Å². The van der Waals surface area contributed by atoms with Crippen LogP contribution in [0.15, 0.2) is 0 Å². The van der Waals surface area contributed by atoms with Gasteiger partial charge in [-0.25, -0.2) is 0 Å². The van der Waals surface area contributed by atoms with Crippen molar-refractivity contribution < 1.29 is 0 Å². The van der Waals surface area contributed by atoms with Crippen LogP contribution in [-0.2, 0) is 0 Å². The number of alkyl halides is 1. The van der Waals surface area contributed by atoms with Crippen molar-refractivity contribution in [2.24, 2.45) is 0 Å². The first-order valence-electron chi connectivity index (χ1n) is 7.79. The SMILES string of the molecule is [CH2]CCCCCCCCCCCCCC(Cl)[C](Cl)Cl. The average Bonchev–Trinajstić information content (AvgIpc) is 2.39. The molecule has 0 saturated heterocycles. The number of rotatable bonds is 14. The van der Waals surface area contributed by atoms with Crippen LogP contribution in [0.4, 0.5) is 0 Å². The molecule has 0 saturated carbocycles. The first kappa shape index (κ1) is 19.9. The molecule has 0 aromatic heterocycles. The molecule has 114 valence electrons. The molecule has 0 bridgehead atoms. The Kier molecular flexibility index (Phi) is 16.0. The second-order valence-corrected chi connectivity index (χ2v) is 6.82. The third kappa shape index (κ3) is 15.1. The number of halogens is 3. The number of unbranched alkanes of at least 4 members (excludes halogenated alkanes) is 11. The van der Waals surface area contributed by atoms with Crippen LogP contribution in [0.3, 0.4) is 0 Å². The van der Waals surface area contributed by atoms with Gasteiger partial charge in [-0.1, -0.05) is 107 Å². The largest absolute Gasteiger partial charge is 0.168 e. The highest BCUT2D eigenvalue weighted by Gasteiger charge is 2.13. The zero-order valence-electron chi connectivity index (χ0n) is 12.1. The molecule has 0 aromatic rings. The lowest BCUT2D eigenvalue weighted by atomic mass is 10.0. The second-order valence-electron chi connectivity index (χ2n) is 5.29. The Morgan fingerprint density at radius 2 is 1.05 bits per heavy atom. The number of hydrogen-bond acceptors (Lipinski definition) is 0. The molecule has 0 spiro atoms. The quantitative estimate of drug-likeness (QED) is 0.229. The predicted octanol–water partition coefficient (Wildman–Crippen LogP) is 7.47. The standard InChI is InChI=1S/C16H29Cl3/c1-2-3-4-5-6-7-8-9-10-11-12-13-14-15(17)16(18)19/h15H,1-14H2. The van der Waals surface area contributed by atoms with Crippen LogP contribution >= 0.6 is 34.8 Å². The van der Waals surface area contributed by atoms with Crippen molar-refractivity contribution in [2.45, 2.75) is 88.8 Å². The van der Waals surface area contributed by atoms with E-state index >= 15 is 0 Å². The molecule has 0 aliphatic heterocycles. The molecule has 1 unspecified atom stereocenters. The molecule has 0 nitrogen and oxygen atoms in total. The van der Waals surface area contributed by atoms with E-state index in [0.717, 1.165) is 19.3 Å². The van der Waals surface area contributed by atoms with E-state index < -0.39 is 0 Å². The van der Waals surface area contributed by atoms with Crippen LogP contribution in [0.2, 0.25) is 0 Å². The van der Waals surface area contributed by atoms with Crippen LogP contribution in [0.5, 0.6) is 0 Å². The maximum atomic E-state index is 5.94. The van der Waals surface area contributed by atoms with Crippen LogP contribution in [0.25, 0.3) is 0 Å². The Morgan fingerprint density at radius 1 is 0.684 bits per heavy atom. The molecule has 0 heterocycles. The van der Waals surface area contributed by atoms with Gasteiger partial charge in [-0.3, -0.25) is 0 Å².